The number of halogens is 3. The van der Waals surface area contributed by atoms with Crippen molar-refractivity contribution >= 4 is 0 Å². The average Bonchev–Trinajstić information content (AvgIpc) is 1.86. The Morgan fingerprint density at radius 2 is 1.82 bits per heavy atom. The van der Waals surface area contributed by atoms with Crippen LogP contribution in [0.2, 0.25) is 0 Å². The van der Waals surface area contributed by atoms with Crippen LogP contribution in [0.25, 0.3) is 0 Å². The lowest BCUT2D eigenvalue weighted by molar-refractivity contribution is -0.149. The fourth-order valence-corrected chi connectivity index (χ4v) is 0.778. The maximum Gasteiger partial charge on any atom is 0.403 e. The lowest BCUT2D eigenvalue weighted by Gasteiger charge is -2.14. The molecule has 0 radical (unpaired) electrons. The van der Waals surface area contributed by atoms with Crippen LogP contribution in [-0.2, 0) is 0 Å². The standard InChI is InChI=1S/C7H14F3N/c1-2-3-4-5-6(11)7(8,9)10/h6H,2-5,11H2,1H3. The molecule has 0 amide bonds. The highest BCUT2D eigenvalue weighted by Gasteiger charge is 2.35. The first-order valence-electron chi connectivity index (χ1n) is 3.80. The summed E-state index contributed by atoms with van der Waals surface area (Å²) in [5.74, 6) is 0. The number of alkyl halides is 3. The third-order valence-electron chi connectivity index (χ3n) is 1.54. The molecule has 0 aromatic heterocycles. The average molecular weight is 169 g/mol. The second-order valence-corrected chi connectivity index (χ2v) is 2.64. The number of hydrogen-bond acceptors (Lipinski definition) is 1. The molecule has 0 saturated heterocycles. The van der Waals surface area contributed by atoms with Crippen LogP contribution in [0.5, 0.6) is 0 Å². The smallest absolute Gasteiger partial charge is 0.320 e. The van der Waals surface area contributed by atoms with E-state index in [0.29, 0.717) is 6.42 Å². The topological polar surface area (TPSA) is 26.0 Å². The van der Waals surface area contributed by atoms with E-state index in [1.54, 1.807) is 0 Å². The molecule has 0 aromatic carbocycles. The molecule has 0 fully saturated rings. The van der Waals surface area contributed by atoms with Crippen LogP contribution in [0.15, 0.2) is 0 Å². The van der Waals surface area contributed by atoms with Gasteiger partial charge < -0.3 is 5.73 Å². The quantitative estimate of drug-likeness (QED) is 0.643. The second kappa shape index (κ2) is 4.59. The molecule has 0 saturated carbocycles. The summed E-state index contributed by atoms with van der Waals surface area (Å²) in [7, 11) is 0. The van der Waals surface area contributed by atoms with Crippen LogP contribution in [0.3, 0.4) is 0 Å². The lowest BCUT2D eigenvalue weighted by Crippen LogP contribution is -2.36. The summed E-state index contributed by atoms with van der Waals surface area (Å²) < 4.78 is 35.3. The second-order valence-electron chi connectivity index (χ2n) is 2.64. The Kier molecular flexibility index (Phi) is 4.49. The van der Waals surface area contributed by atoms with Crippen molar-refractivity contribution in [3.05, 3.63) is 0 Å². The molecule has 0 bridgehead atoms. The van der Waals surface area contributed by atoms with Crippen molar-refractivity contribution in [2.75, 3.05) is 0 Å². The van der Waals surface area contributed by atoms with Crippen LogP contribution >= 0.6 is 0 Å². The molecule has 0 aliphatic rings. The van der Waals surface area contributed by atoms with Gasteiger partial charge >= 0.3 is 6.18 Å². The van der Waals surface area contributed by atoms with Crippen LogP contribution in [0, 0.1) is 0 Å². The SMILES string of the molecule is CCCCCC(N)C(F)(F)F. The molecule has 0 aliphatic carbocycles. The van der Waals surface area contributed by atoms with Crippen molar-refractivity contribution in [2.45, 2.75) is 44.8 Å². The summed E-state index contributed by atoms with van der Waals surface area (Å²) in [6.45, 7) is 1.94. The molecule has 0 heterocycles. The molecule has 0 rings (SSSR count). The normalized spacial score (nSPS) is 15.0. The Balaban J connectivity index is 3.44. The molecule has 68 valence electrons. The van der Waals surface area contributed by atoms with Crippen molar-refractivity contribution < 1.29 is 13.2 Å². The van der Waals surface area contributed by atoms with Crippen molar-refractivity contribution in [3.8, 4) is 0 Å². The Morgan fingerprint density at radius 1 is 1.27 bits per heavy atom. The van der Waals surface area contributed by atoms with E-state index in [-0.39, 0.29) is 6.42 Å². The highest BCUT2D eigenvalue weighted by atomic mass is 19.4. The van der Waals surface area contributed by atoms with Crippen molar-refractivity contribution in [1.29, 1.82) is 0 Å². The maximum atomic E-state index is 11.8. The first kappa shape index (κ1) is 10.8. The van der Waals surface area contributed by atoms with E-state index in [2.05, 4.69) is 0 Å². The number of rotatable bonds is 4. The molecule has 0 spiro atoms. The van der Waals surface area contributed by atoms with E-state index in [4.69, 9.17) is 5.73 Å². The summed E-state index contributed by atoms with van der Waals surface area (Å²) in [5, 5.41) is 0. The highest BCUT2D eigenvalue weighted by molar-refractivity contribution is 4.69. The fourth-order valence-electron chi connectivity index (χ4n) is 0.778. The number of unbranched alkanes of at least 4 members (excludes halogenated alkanes) is 2. The van der Waals surface area contributed by atoms with Crippen molar-refractivity contribution in [1.82, 2.24) is 0 Å². The predicted molar refractivity (Wildman–Crippen MR) is 38.2 cm³/mol. The molecule has 1 nitrogen and oxygen atoms in total. The largest absolute Gasteiger partial charge is 0.403 e. The van der Waals surface area contributed by atoms with Gasteiger partial charge in [0, 0.05) is 0 Å². The molecule has 0 aromatic rings. The van der Waals surface area contributed by atoms with E-state index >= 15 is 0 Å². The molecule has 11 heavy (non-hydrogen) atoms. The minimum absolute atomic E-state index is 0.0529. The third kappa shape index (κ3) is 5.07. The van der Waals surface area contributed by atoms with Crippen LogP contribution in [0.1, 0.15) is 32.6 Å². The van der Waals surface area contributed by atoms with Crippen LogP contribution in [0.4, 0.5) is 13.2 Å². The Hall–Kier alpha value is -0.250. The van der Waals surface area contributed by atoms with E-state index < -0.39 is 12.2 Å². The molecule has 1 atom stereocenters. The summed E-state index contributed by atoms with van der Waals surface area (Å²) in [5.41, 5.74) is 4.87. The molecule has 1 unspecified atom stereocenters. The third-order valence-corrected chi connectivity index (χ3v) is 1.54. The first-order chi connectivity index (χ1) is 4.98. The predicted octanol–water partition coefficient (Wildman–Crippen LogP) is 2.46. The van der Waals surface area contributed by atoms with Gasteiger partial charge in [0.25, 0.3) is 0 Å². The molecular weight excluding hydrogens is 155 g/mol. The van der Waals surface area contributed by atoms with Crippen molar-refractivity contribution in [3.63, 3.8) is 0 Å². The summed E-state index contributed by atoms with van der Waals surface area (Å²) in [6, 6.07) is -1.63. The minimum atomic E-state index is -4.21. The Morgan fingerprint density at radius 3 is 2.18 bits per heavy atom. The van der Waals surface area contributed by atoms with E-state index in [0.717, 1.165) is 12.8 Å². The lowest BCUT2D eigenvalue weighted by atomic mass is 10.1. The highest BCUT2D eigenvalue weighted by Crippen LogP contribution is 2.21. The monoisotopic (exact) mass is 169 g/mol. The minimum Gasteiger partial charge on any atom is -0.320 e. The van der Waals surface area contributed by atoms with E-state index in [1.165, 1.54) is 0 Å². The van der Waals surface area contributed by atoms with Gasteiger partial charge in [-0.1, -0.05) is 26.2 Å². The van der Waals surface area contributed by atoms with Gasteiger partial charge in [-0.25, -0.2) is 0 Å². The van der Waals surface area contributed by atoms with Gasteiger partial charge in [0.05, 0.1) is 0 Å². The maximum absolute atomic E-state index is 11.8. The zero-order valence-electron chi connectivity index (χ0n) is 6.62. The first-order valence-corrected chi connectivity index (χ1v) is 3.80. The van der Waals surface area contributed by atoms with Gasteiger partial charge in [-0.05, 0) is 6.42 Å². The summed E-state index contributed by atoms with van der Waals surface area (Å²) in [4.78, 5) is 0. The zero-order valence-corrected chi connectivity index (χ0v) is 6.62. The molecule has 4 heteroatoms. The molecule has 0 aliphatic heterocycles. The summed E-state index contributed by atoms with van der Waals surface area (Å²) in [6.07, 6.45) is -1.85. The van der Waals surface area contributed by atoms with Gasteiger partial charge in [0.15, 0.2) is 0 Å². The van der Waals surface area contributed by atoms with E-state index in [1.807, 2.05) is 6.92 Å². The number of nitrogens with two attached hydrogens (primary N) is 1. The van der Waals surface area contributed by atoms with Gasteiger partial charge in [0.2, 0.25) is 0 Å². The Labute approximate surface area is 64.8 Å². The molecule has 2 N–H and O–H groups in total. The molecular formula is C7H14F3N. The van der Waals surface area contributed by atoms with Crippen molar-refractivity contribution in [2.24, 2.45) is 5.73 Å². The van der Waals surface area contributed by atoms with Crippen LogP contribution in [-0.4, -0.2) is 12.2 Å². The van der Waals surface area contributed by atoms with E-state index in [9.17, 15) is 13.2 Å². The van der Waals surface area contributed by atoms with Gasteiger partial charge in [-0.3, -0.25) is 0 Å². The zero-order chi connectivity index (χ0) is 8.91. The van der Waals surface area contributed by atoms with Gasteiger partial charge in [0.1, 0.15) is 6.04 Å². The van der Waals surface area contributed by atoms with Gasteiger partial charge in [-0.15, -0.1) is 0 Å². The van der Waals surface area contributed by atoms with Gasteiger partial charge in [-0.2, -0.15) is 13.2 Å². The fraction of sp³-hybridized carbons (Fsp3) is 1.00. The number of hydrogen-bond donors (Lipinski definition) is 1. The Bertz CT molecular complexity index is 100. The summed E-state index contributed by atoms with van der Waals surface area (Å²) >= 11 is 0. The van der Waals surface area contributed by atoms with Crippen LogP contribution < -0.4 is 5.73 Å².